The summed E-state index contributed by atoms with van der Waals surface area (Å²) in [5.74, 6) is 3.82. The molecule has 0 aliphatic carbocycles. The molecule has 3 heteroatoms. The first-order valence-corrected chi connectivity index (χ1v) is 5.82. The lowest BCUT2D eigenvalue weighted by Gasteiger charge is -2.20. The highest BCUT2D eigenvalue weighted by Crippen LogP contribution is 2.30. The van der Waals surface area contributed by atoms with Crippen molar-refractivity contribution in [2.75, 3.05) is 17.2 Å². The Labute approximate surface area is 82.9 Å². The molecular weight excluding hydrogens is 180 g/mol. The molecular formula is C10H14N2S. The molecule has 0 aromatic carbocycles. The second-order valence-electron chi connectivity index (χ2n) is 3.37. The Balaban J connectivity index is 2.14. The maximum Gasteiger partial charge on any atom is 0.123 e. The van der Waals surface area contributed by atoms with Crippen LogP contribution in [0.25, 0.3) is 0 Å². The van der Waals surface area contributed by atoms with E-state index >= 15 is 0 Å². The summed E-state index contributed by atoms with van der Waals surface area (Å²) < 4.78 is 0. The number of nitrogens with two attached hydrogens (primary N) is 1. The van der Waals surface area contributed by atoms with Crippen molar-refractivity contribution in [3.8, 4) is 0 Å². The van der Waals surface area contributed by atoms with Crippen LogP contribution in [0.2, 0.25) is 0 Å². The lowest BCUT2D eigenvalue weighted by atomic mass is 9.98. The number of anilines is 1. The Bertz CT molecular complexity index is 282. The molecule has 0 spiro atoms. The number of hydrogen-bond acceptors (Lipinski definition) is 3. The zero-order chi connectivity index (χ0) is 9.10. The molecule has 1 aromatic heterocycles. The van der Waals surface area contributed by atoms with Gasteiger partial charge in [0.05, 0.1) is 0 Å². The zero-order valence-electron chi connectivity index (χ0n) is 7.57. The van der Waals surface area contributed by atoms with Crippen LogP contribution in [0.4, 0.5) is 5.82 Å². The van der Waals surface area contributed by atoms with Crippen molar-refractivity contribution in [3.63, 3.8) is 0 Å². The Hall–Kier alpha value is -0.700. The molecule has 1 aliphatic heterocycles. The monoisotopic (exact) mass is 194 g/mol. The molecule has 1 saturated heterocycles. The van der Waals surface area contributed by atoms with Gasteiger partial charge in [0.1, 0.15) is 5.82 Å². The minimum absolute atomic E-state index is 0.643. The molecule has 2 heterocycles. The van der Waals surface area contributed by atoms with Crippen LogP contribution < -0.4 is 5.73 Å². The summed E-state index contributed by atoms with van der Waals surface area (Å²) in [7, 11) is 0. The van der Waals surface area contributed by atoms with Crippen LogP contribution in [0, 0.1) is 0 Å². The molecule has 1 aliphatic rings. The van der Waals surface area contributed by atoms with E-state index in [0.29, 0.717) is 11.7 Å². The van der Waals surface area contributed by atoms with Gasteiger partial charge in [-0.05, 0) is 36.5 Å². The lowest BCUT2D eigenvalue weighted by molar-refractivity contribution is 0.620. The van der Waals surface area contributed by atoms with Crippen LogP contribution in [0.1, 0.15) is 24.5 Å². The highest BCUT2D eigenvalue weighted by molar-refractivity contribution is 7.99. The van der Waals surface area contributed by atoms with Crippen molar-refractivity contribution in [2.24, 2.45) is 0 Å². The van der Waals surface area contributed by atoms with Crippen molar-refractivity contribution in [3.05, 3.63) is 23.9 Å². The third-order valence-corrected chi connectivity index (χ3v) is 3.48. The molecule has 0 atom stereocenters. The van der Waals surface area contributed by atoms with Gasteiger partial charge in [-0.1, -0.05) is 6.07 Å². The van der Waals surface area contributed by atoms with Gasteiger partial charge in [0.2, 0.25) is 0 Å². The van der Waals surface area contributed by atoms with E-state index in [1.807, 2.05) is 23.9 Å². The van der Waals surface area contributed by atoms with Gasteiger partial charge >= 0.3 is 0 Å². The maximum absolute atomic E-state index is 5.65. The molecule has 0 amide bonds. The number of rotatable bonds is 1. The summed E-state index contributed by atoms with van der Waals surface area (Å²) in [6.45, 7) is 0. The van der Waals surface area contributed by atoms with Crippen LogP contribution in [0.5, 0.6) is 0 Å². The second kappa shape index (κ2) is 4.01. The van der Waals surface area contributed by atoms with Gasteiger partial charge in [-0.25, -0.2) is 4.98 Å². The predicted octanol–water partition coefficient (Wildman–Crippen LogP) is 2.27. The number of nitrogens with zero attached hydrogens (tertiary/aromatic N) is 1. The number of thioether (sulfide) groups is 1. The fourth-order valence-corrected chi connectivity index (χ4v) is 2.80. The SMILES string of the molecule is Nc1cccc(C2CCSCC2)n1. The molecule has 13 heavy (non-hydrogen) atoms. The summed E-state index contributed by atoms with van der Waals surface area (Å²) in [5, 5.41) is 0. The fraction of sp³-hybridized carbons (Fsp3) is 0.500. The lowest BCUT2D eigenvalue weighted by Crippen LogP contribution is -2.09. The third kappa shape index (κ3) is 2.15. The van der Waals surface area contributed by atoms with Gasteiger partial charge in [0.15, 0.2) is 0 Å². The van der Waals surface area contributed by atoms with Crippen LogP contribution >= 0.6 is 11.8 Å². The van der Waals surface area contributed by atoms with Crippen LogP contribution in [0.15, 0.2) is 18.2 Å². The standard InChI is InChI=1S/C10H14N2S/c11-10-3-1-2-9(12-10)8-4-6-13-7-5-8/h1-3,8H,4-7H2,(H2,11,12). The van der Waals surface area contributed by atoms with E-state index < -0.39 is 0 Å². The second-order valence-corrected chi connectivity index (χ2v) is 4.60. The summed E-state index contributed by atoms with van der Waals surface area (Å²) in [6.07, 6.45) is 2.50. The minimum Gasteiger partial charge on any atom is -0.384 e. The van der Waals surface area contributed by atoms with E-state index in [-0.39, 0.29) is 0 Å². The van der Waals surface area contributed by atoms with Crippen molar-refractivity contribution in [2.45, 2.75) is 18.8 Å². The van der Waals surface area contributed by atoms with E-state index in [4.69, 9.17) is 5.73 Å². The number of nitrogen functional groups attached to an aromatic ring is 1. The highest BCUT2D eigenvalue weighted by Gasteiger charge is 2.16. The normalized spacial score (nSPS) is 18.8. The van der Waals surface area contributed by atoms with E-state index in [9.17, 15) is 0 Å². The van der Waals surface area contributed by atoms with Crippen LogP contribution in [0.3, 0.4) is 0 Å². The summed E-state index contributed by atoms with van der Waals surface area (Å²) in [4.78, 5) is 4.37. The summed E-state index contributed by atoms with van der Waals surface area (Å²) >= 11 is 2.04. The summed E-state index contributed by atoms with van der Waals surface area (Å²) in [5.41, 5.74) is 6.83. The minimum atomic E-state index is 0.643. The largest absolute Gasteiger partial charge is 0.384 e. The zero-order valence-corrected chi connectivity index (χ0v) is 8.39. The molecule has 1 fully saturated rings. The van der Waals surface area contributed by atoms with Crippen molar-refractivity contribution >= 4 is 17.6 Å². The topological polar surface area (TPSA) is 38.9 Å². The third-order valence-electron chi connectivity index (χ3n) is 2.43. The molecule has 0 saturated carbocycles. The first kappa shape index (κ1) is 8.88. The van der Waals surface area contributed by atoms with Gasteiger partial charge < -0.3 is 5.73 Å². The maximum atomic E-state index is 5.65. The molecule has 0 radical (unpaired) electrons. The number of aromatic nitrogens is 1. The first-order valence-electron chi connectivity index (χ1n) is 4.66. The van der Waals surface area contributed by atoms with E-state index in [1.165, 1.54) is 30.0 Å². The molecule has 70 valence electrons. The van der Waals surface area contributed by atoms with Crippen molar-refractivity contribution < 1.29 is 0 Å². The quantitative estimate of drug-likeness (QED) is 0.745. The molecule has 0 unspecified atom stereocenters. The Kier molecular flexibility index (Phi) is 2.74. The van der Waals surface area contributed by atoms with E-state index in [2.05, 4.69) is 11.1 Å². The van der Waals surface area contributed by atoms with Gasteiger partial charge in [0, 0.05) is 11.6 Å². The molecule has 1 aromatic rings. The average molecular weight is 194 g/mol. The van der Waals surface area contributed by atoms with Gasteiger partial charge in [-0.3, -0.25) is 0 Å². The highest BCUT2D eigenvalue weighted by atomic mass is 32.2. The molecule has 2 N–H and O–H groups in total. The van der Waals surface area contributed by atoms with Gasteiger partial charge in [-0.2, -0.15) is 11.8 Å². The number of pyridine rings is 1. The van der Waals surface area contributed by atoms with Crippen LogP contribution in [-0.2, 0) is 0 Å². The predicted molar refractivity (Wildman–Crippen MR) is 57.9 cm³/mol. The van der Waals surface area contributed by atoms with E-state index in [0.717, 1.165) is 0 Å². The van der Waals surface area contributed by atoms with Crippen LogP contribution in [-0.4, -0.2) is 16.5 Å². The molecule has 2 nitrogen and oxygen atoms in total. The van der Waals surface area contributed by atoms with Gasteiger partial charge in [-0.15, -0.1) is 0 Å². The Morgan fingerprint density at radius 3 is 2.77 bits per heavy atom. The van der Waals surface area contributed by atoms with E-state index in [1.54, 1.807) is 0 Å². The number of hydrogen-bond donors (Lipinski definition) is 1. The van der Waals surface area contributed by atoms with Gasteiger partial charge in [0.25, 0.3) is 0 Å². The first-order chi connectivity index (χ1) is 6.36. The molecule has 2 rings (SSSR count). The van der Waals surface area contributed by atoms with Crippen molar-refractivity contribution in [1.29, 1.82) is 0 Å². The summed E-state index contributed by atoms with van der Waals surface area (Å²) in [6, 6.07) is 5.94. The Morgan fingerprint density at radius 2 is 2.08 bits per heavy atom. The molecule has 0 bridgehead atoms. The average Bonchev–Trinajstić information content (AvgIpc) is 2.19. The van der Waals surface area contributed by atoms with Crippen molar-refractivity contribution in [1.82, 2.24) is 4.98 Å². The Morgan fingerprint density at radius 1 is 1.31 bits per heavy atom. The fourth-order valence-electron chi connectivity index (χ4n) is 1.69. The smallest absolute Gasteiger partial charge is 0.123 e.